The van der Waals surface area contributed by atoms with Gasteiger partial charge in [-0.25, -0.2) is 13.4 Å². The van der Waals surface area contributed by atoms with Gasteiger partial charge in [0.25, 0.3) is 15.7 Å². The topological polar surface area (TPSA) is 92.5 Å². The highest BCUT2D eigenvalue weighted by Gasteiger charge is 2.20. The smallest absolute Gasteiger partial charge is 0.258 e. The zero-order valence-electron chi connectivity index (χ0n) is 14.9. The van der Waals surface area contributed by atoms with Gasteiger partial charge in [-0.2, -0.15) is 0 Å². The molecule has 7 nitrogen and oxygen atoms in total. The maximum Gasteiger partial charge on any atom is 0.269 e. The third-order valence-electron chi connectivity index (χ3n) is 4.04. The van der Waals surface area contributed by atoms with E-state index in [1.165, 1.54) is 24.3 Å². The van der Waals surface area contributed by atoms with Crippen molar-refractivity contribution in [3.63, 3.8) is 0 Å². The minimum absolute atomic E-state index is 0.0378. The van der Waals surface area contributed by atoms with Crippen LogP contribution in [0.3, 0.4) is 0 Å². The van der Waals surface area contributed by atoms with Gasteiger partial charge in [0, 0.05) is 25.2 Å². The van der Waals surface area contributed by atoms with Crippen LogP contribution in [0, 0.1) is 10.1 Å². The lowest BCUT2D eigenvalue weighted by Gasteiger charge is -2.23. The molecule has 0 fully saturated rings. The normalized spacial score (nSPS) is 11.5. The average molecular weight is 397 g/mol. The number of nitro groups is 1. The highest BCUT2D eigenvalue weighted by Crippen LogP contribution is 2.17. The van der Waals surface area contributed by atoms with E-state index in [2.05, 4.69) is 4.83 Å². The van der Waals surface area contributed by atoms with Gasteiger partial charge in [0.2, 0.25) is 0 Å². The van der Waals surface area contributed by atoms with E-state index < -0.39 is 14.9 Å². The van der Waals surface area contributed by atoms with Gasteiger partial charge in [0.05, 0.1) is 9.82 Å². The van der Waals surface area contributed by atoms with Crippen LogP contribution in [0.4, 0.5) is 5.69 Å². The van der Waals surface area contributed by atoms with Crippen LogP contribution in [0.2, 0.25) is 0 Å². The molecule has 0 atom stereocenters. The van der Waals surface area contributed by atoms with Crippen molar-refractivity contribution in [2.75, 3.05) is 0 Å². The molecule has 0 heterocycles. The summed E-state index contributed by atoms with van der Waals surface area (Å²) < 4.78 is 25.6. The quantitative estimate of drug-likeness (QED) is 0.464. The van der Waals surface area contributed by atoms with Gasteiger partial charge in [-0.05, 0) is 23.3 Å². The molecule has 3 rings (SSSR count). The van der Waals surface area contributed by atoms with Crippen molar-refractivity contribution in [2.45, 2.75) is 18.0 Å². The van der Waals surface area contributed by atoms with Crippen LogP contribution in [0.25, 0.3) is 0 Å². The van der Waals surface area contributed by atoms with E-state index in [9.17, 15) is 18.5 Å². The lowest BCUT2D eigenvalue weighted by Crippen LogP contribution is -2.41. The molecule has 0 saturated carbocycles. The molecule has 3 aromatic carbocycles. The third kappa shape index (κ3) is 5.23. The van der Waals surface area contributed by atoms with E-state index in [-0.39, 0.29) is 10.6 Å². The molecule has 0 aliphatic carbocycles. The molecular formula is C20H19N3O4S. The van der Waals surface area contributed by atoms with E-state index in [0.29, 0.717) is 13.1 Å². The predicted molar refractivity (Wildman–Crippen MR) is 106 cm³/mol. The van der Waals surface area contributed by atoms with E-state index in [4.69, 9.17) is 0 Å². The number of non-ortho nitro benzene ring substituents is 1. The predicted octanol–water partition coefficient (Wildman–Crippen LogP) is 3.49. The molecule has 0 amide bonds. The number of benzene rings is 3. The van der Waals surface area contributed by atoms with Crippen molar-refractivity contribution in [2.24, 2.45) is 0 Å². The highest BCUT2D eigenvalue weighted by molar-refractivity contribution is 7.89. The second-order valence-corrected chi connectivity index (χ2v) is 7.83. The molecule has 0 spiro atoms. The minimum Gasteiger partial charge on any atom is -0.258 e. The Balaban J connectivity index is 1.83. The van der Waals surface area contributed by atoms with Gasteiger partial charge in [-0.1, -0.05) is 60.7 Å². The Labute approximate surface area is 163 Å². The molecule has 3 aromatic rings. The summed E-state index contributed by atoms with van der Waals surface area (Å²) in [5, 5.41) is 12.4. The molecule has 0 bridgehead atoms. The number of nitrogens with one attached hydrogen (secondary N) is 1. The SMILES string of the molecule is O=[N+]([O-])c1ccc(S(=O)(=O)NN(Cc2ccccc2)Cc2ccccc2)cc1. The average Bonchev–Trinajstić information content (AvgIpc) is 2.69. The first kappa shape index (κ1) is 19.7. The van der Waals surface area contributed by atoms with Gasteiger partial charge < -0.3 is 0 Å². The summed E-state index contributed by atoms with van der Waals surface area (Å²) >= 11 is 0. The van der Waals surface area contributed by atoms with Crippen LogP contribution < -0.4 is 4.83 Å². The Kier molecular flexibility index (Phi) is 6.15. The van der Waals surface area contributed by atoms with Crippen LogP contribution in [0.15, 0.2) is 89.8 Å². The molecule has 0 aliphatic heterocycles. The first-order valence-corrected chi connectivity index (χ1v) is 10.0. The molecule has 8 heteroatoms. The summed E-state index contributed by atoms with van der Waals surface area (Å²) in [6.07, 6.45) is 0. The van der Waals surface area contributed by atoms with Gasteiger partial charge in [-0.15, -0.1) is 4.83 Å². The number of nitrogens with zero attached hydrogens (tertiary/aromatic N) is 2. The maximum absolute atomic E-state index is 12.8. The molecule has 28 heavy (non-hydrogen) atoms. The molecule has 1 N–H and O–H groups in total. The van der Waals surface area contributed by atoms with Gasteiger partial charge in [0.1, 0.15) is 0 Å². The highest BCUT2D eigenvalue weighted by atomic mass is 32.2. The summed E-state index contributed by atoms with van der Waals surface area (Å²) in [5.74, 6) is 0. The van der Waals surface area contributed by atoms with Crippen molar-refractivity contribution in [3.8, 4) is 0 Å². The number of rotatable bonds is 8. The molecule has 144 valence electrons. The molecule has 0 aliphatic rings. The van der Waals surface area contributed by atoms with Crippen molar-refractivity contribution in [3.05, 3.63) is 106 Å². The van der Waals surface area contributed by atoms with E-state index in [1.54, 1.807) is 5.01 Å². The summed E-state index contributed by atoms with van der Waals surface area (Å²) in [7, 11) is -3.89. The van der Waals surface area contributed by atoms with E-state index in [0.717, 1.165) is 11.1 Å². The first-order valence-electron chi connectivity index (χ1n) is 8.54. The fraction of sp³-hybridized carbons (Fsp3) is 0.100. The van der Waals surface area contributed by atoms with E-state index >= 15 is 0 Å². The Bertz CT molecular complexity index is 983. The van der Waals surface area contributed by atoms with Crippen LogP contribution in [-0.2, 0) is 23.1 Å². The second-order valence-electron chi connectivity index (χ2n) is 6.17. The number of hydrazine groups is 1. The number of hydrogen-bond donors (Lipinski definition) is 1. The summed E-state index contributed by atoms with van der Waals surface area (Å²) in [6, 6.07) is 23.8. The van der Waals surface area contributed by atoms with Gasteiger partial charge >= 0.3 is 0 Å². The number of hydrogen-bond acceptors (Lipinski definition) is 5. The molecular weight excluding hydrogens is 378 g/mol. The molecule has 0 unspecified atom stereocenters. The fourth-order valence-corrected chi connectivity index (χ4v) is 3.77. The largest absolute Gasteiger partial charge is 0.269 e. The minimum atomic E-state index is -3.89. The van der Waals surface area contributed by atoms with Gasteiger partial charge in [-0.3, -0.25) is 10.1 Å². The first-order chi connectivity index (χ1) is 13.4. The number of nitro benzene ring substituents is 1. The Morgan fingerprint density at radius 2 is 1.25 bits per heavy atom. The van der Waals surface area contributed by atoms with Crippen LogP contribution >= 0.6 is 0 Å². The lowest BCUT2D eigenvalue weighted by atomic mass is 10.2. The molecule has 0 aromatic heterocycles. The third-order valence-corrected chi connectivity index (χ3v) is 5.43. The zero-order valence-corrected chi connectivity index (χ0v) is 15.7. The number of sulfonamides is 1. The molecule has 0 radical (unpaired) electrons. The van der Waals surface area contributed by atoms with Crippen LogP contribution in [-0.4, -0.2) is 18.4 Å². The second kappa shape index (κ2) is 8.75. The zero-order chi connectivity index (χ0) is 20.0. The lowest BCUT2D eigenvalue weighted by molar-refractivity contribution is -0.384. The standard InChI is InChI=1S/C20H19N3O4S/c24-23(25)19-11-13-20(14-12-19)28(26,27)21-22(15-17-7-3-1-4-8-17)16-18-9-5-2-6-10-18/h1-14,21H,15-16H2. The molecule has 0 saturated heterocycles. The van der Waals surface area contributed by atoms with Crippen molar-refractivity contribution in [1.82, 2.24) is 9.84 Å². The Morgan fingerprint density at radius 1 is 0.786 bits per heavy atom. The Hall–Kier alpha value is -3.07. The van der Waals surface area contributed by atoms with Crippen molar-refractivity contribution in [1.29, 1.82) is 0 Å². The summed E-state index contributed by atoms with van der Waals surface area (Å²) in [5.41, 5.74) is 1.74. The van der Waals surface area contributed by atoms with Crippen LogP contribution in [0.5, 0.6) is 0 Å². The van der Waals surface area contributed by atoms with Crippen molar-refractivity contribution < 1.29 is 13.3 Å². The van der Waals surface area contributed by atoms with E-state index in [1.807, 2.05) is 60.7 Å². The summed E-state index contributed by atoms with van der Waals surface area (Å²) in [6.45, 7) is 0.726. The fourth-order valence-electron chi connectivity index (χ4n) is 2.70. The van der Waals surface area contributed by atoms with Crippen LogP contribution in [0.1, 0.15) is 11.1 Å². The summed E-state index contributed by atoms with van der Waals surface area (Å²) in [4.78, 5) is 12.8. The van der Waals surface area contributed by atoms with Crippen molar-refractivity contribution >= 4 is 15.7 Å². The van der Waals surface area contributed by atoms with Gasteiger partial charge in [0.15, 0.2) is 0 Å². The Morgan fingerprint density at radius 3 is 1.68 bits per heavy atom. The maximum atomic E-state index is 12.8. The monoisotopic (exact) mass is 397 g/mol.